The van der Waals surface area contributed by atoms with Gasteiger partial charge in [-0.15, -0.1) is 0 Å². The Balaban J connectivity index is 2.43. The van der Waals surface area contributed by atoms with Gasteiger partial charge in [0.25, 0.3) is 0 Å². The van der Waals surface area contributed by atoms with Crippen LogP contribution in [0.4, 0.5) is 5.69 Å². The van der Waals surface area contributed by atoms with Crippen LogP contribution in [0.3, 0.4) is 0 Å². The first kappa shape index (κ1) is 15.3. The molecular weight excluding hydrogens is 292 g/mol. The van der Waals surface area contributed by atoms with Crippen molar-refractivity contribution in [3.63, 3.8) is 0 Å². The minimum atomic E-state index is -3.89. The van der Waals surface area contributed by atoms with Crippen LogP contribution in [0.1, 0.15) is 12.0 Å². The van der Waals surface area contributed by atoms with Crippen LogP contribution in [0.2, 0.25) is 0 Å². The van der Waals surface area contributed by atoms with E-state index in [4.69, 9.17) is 11.0 Å². The first-order valence-electron chi connectivity index (χ1n) is 6.40. The van der Waals surface area contributed by atoms with E-state index in [-0.39, 0.29) is 29.5 Å². The van der Waals surface area contributed by atoms with Crippen molar-refractivity contribution < 1.29 is 13.2 Å². The topological polar surface area (TPSA) is 108 Å². The first-order chi connectivity index (χ1) is 9.86. The van der Waals surface area contributed by atoms with E-state index < -0.39 is 10.0 Å². The SMILES string of the molecule is CN1CCCN(S(=O)(=O)c2ccc(N)cc2C#N)CC1=O. The molecule has 0 radical (unpaired) electrons. The van der Waals surface area contributed by atoms with E-state index >= 15 is 0 Å². The maximum Gasteiger partial charge on any atom is 0.244 e. The Labute approximate surface area is 123 Å². The minimum Gasteiger partial charge on any atom is -0.399 e. The molecule has 0 aromatic heterocycles. The summed E-state index contributed by atoms with van der Waals surface area (Å²) in [5.41, 5.74) is 5.87. The van der Waals surface area contributed by atoms with Gasteiger partial charge in [-0.1, -0.05) is 0 Å². The molecule has 1 fully saturated rings. The number of carbonyl (C=O) groups excluding carboxylic acids is 1. The number of carbonyl (C=O) groups is 1. The second-order valence-corrected chi connectivity index (χ2v) is 6.78. The molecule has 2 N–H and O–H groups in total. The molecular formula is C13H16N4O3S. The van der Waals surface area contributed by atoms with Crippen molar-refractivity contribution in [2.24, 2.45) is 0 Å². The predicted octanol–water partition coefficient (Wildman–Crippen LogP) is -0.00672. The van der Waals surface area contributed by atoms with Gasteiger partial charge in [-0.3, -0.25) is 4.79 Å². The third kappa shape index (κ3) is 2.99. The quantitative estimate of drug-likeness (QED) is 0.773. The van der Waals surface area contributed by atoms with E-state index in [1.807, 2.05) is 6.07 Å². The molecule has 1 aromatic carbocycles. The summed E-state index contributed by atoms with van der Waals surface area (Å²) in [6.45, 7) is 0.541. The molecule has 0 atom stereocenters. The van der Waals surface area contributed by atoms with E-state index in [2.05, 4.69) is 0 Å². The van der Waals surface area contributed by atoms with E-state index in [9.17, 15) is 13.2 Å². The summed E-state index contributed by atoms with van der Waals surface area (Å²) >= 11 is 0. The molecule has 21 heavy (non-hydrogen) atoms. The summed E-state index contributed by atoms with van der Waals surface area (Å²) in [5.74, 6) is -0.259. The fourth-order valence-electron chi connectivity index (χ4n) is 2.16. The van der Waals surface area contributed by atoms with Crippen molar-refractivity contribution >= 4 is 21.6 Å². The molecule has 0 saturated carbocycles. The molecule has 8 heteroatoms. The molecule has 7 nitrogen and oxygen atoms in total. The number of nitriles is 1. The van der Waals surface area contributed by atoms with Gasteiger partial charge >= 0.3 is 0 Å². The van der Waals surface area contributed by atoms with Crippen molar-refractivity contribution in [1.29, 1.82) is 5.26 Å². The molecule has 1 aliphatic rings. The van der Waals surface area contributed by atoms with Gasteiger partial charge in [0.2, 0.25) is 15.9 Å². The predicted molar refractivity (Wildman–Crippen MR) is 76.6 cm³/mol. The van der Waals surface area contributed by atoms with Crippen molar-refractivity contribution in [1.82, 2.24) is 9.21 Å². The second kappa shape index (κ2) is 5.71. The van der Waals surface area contributed by atoms with E-state index in [1.54, 1.807) is 7.05 Å². The minimum absolute atomic E-state index is 0.0138. The van der Waals surface area contributed by atoms with E-state index in [0.717, 1.165) is 4.31 Å². The van der Waals surface area contributed by atoms with Crippen molar-refractivity contribution in [3.05, 3.63) is 23.8 Å². The first-order valence-corrected chi connectivity index (χ1v) is 7.84. The molecule has 1 amide bonds. The maximum absolute atomic E-state index is 12.6. The molecule has 0 unspecified atom stereocenters. The largest absolute Gasteiger partial charge is 0.399 e. The molecule has 1 heterocycles. The number of nitrogens with two attached hydrogens (primary N) is 1. The summed E-state index contributed by atoms with van der Waals surface area (Å²) in [6, 6.07) is 5.89. The summed E-state index contributed by atoms with van der Waals surface area (Å²) in [6.07, 6.45) is 0.554. The highest BCUT2D eigenvalue weighted by Gasteiger charge is 2.31. The number of amides is 1. The lowest BCUT2D eigenvalue weighted by molar-refractivity contribution is -0.129. The highest BCUT2D eigenvalue weighted by molar-refractivity contribution is 7.89. The van der Waals surface area contributed by atoms with Crippen LogP contribution >= 0.6 is 0 Å². The van der Waals surface area contributed by atoms with Gasteiger partial charge in [0.1, 0.15) is 11.0 Å². The number of sulfonamides is 1. The summed E-state index contributed by atoms with van der Waals surface area (Å²) in [5, 5.41) is 9.09. The van der Waals surface area contributed by atoms with Gasteiger partial charge in [0, 0.05) is 25.8 Å². The third-order valence-corrected chi connectivity index (χ3v) is 5.28. The Hall–Kier alpha value is -2.11. The summed E-state index contributed by atoms with van der Waals surface area (Å²) in [7, 11) is -2.25. The van der Waals surface area contributed by atoms with Gasteiger partial charge in [-0.2, -0.15) is 9.57 Å². The van der Waals surface area contributed by atoms with E-state index in [1.165, 1.54) is 23.1 Å². The molecule has 1 saturated heterocycles. The van der Waals surface area contributed by atoms with Crippen LogP contribution in [0, 0.1) is 11.3 Å². The molecule has 0 bridgehead atoms. The zero-order valence-corrected chi connectivity index (χ0v) is 12.4. The van der Waals surface area contributed by atoms with Gasteiger partial charge in [0.15, 0.2) is 0 Å². The Kier molecular flexibility index (Phi) is 4.16. The van der Waals surface area contributed by atoms with Crippen LogP contribution in [-0.2, 0) is 14.8 Å². The van der Waals surface area contributed by atoms with Gasteiger partial charge < -0.3 is 10.6 Å². The van der Waals surface area contributed by atoms with Crippen molar-refractivity contribution in [3.8, 4) is 6.07 Å². The zero-order valence-electron chi connectivity index (χ0n) is 11.6. The highest BCUT2D eigenvalue weighted by Crippen LogP contribution is 2.23. The number of anilines is 1. The van der Waals surface area contributed by atoms with Gasteiger partial charge in [0.05, 0.1) is 12.1 Å². The lowest BCUT2D eigenvalue weighted by atomic mass is 10.2. The number of nitrogen functional groups attached to an aromatic ring is 1. The molecule has 0 spiro atoms. The smallest absolute Gasteiger partial charge is 0.244 e. The molecule has 2 rings (SSSR count). The average Bonchev–Trinajstić information content (AvgIpc) is 2.61. The molecule has 1 aliphatic heterocycles. The maximum atomic E-state index is 12.6. The number of benzene rings is 1. The van der Waals surface area contributed by atoms with Crippen LogP contribution in [0.25, 0.3) is 0 Å². The monoisotopic (exact) mass is 308 g/mol. The normalized spacial score (nSPS) is 17.3. The Bertz CT molecular complexity index is 709. The highest BCUT2D eigenvalue weighted by atomic mass is 32.2. The Morgan fingerprint density at radius 3 is 2.71 bits per heavy atom. The van der Waals surface area contributed by atoms with Crippen LogP contribution < -0.4 is 5.73 Å². The zero-order chi connectivity index (χ0) is 15.6. The van der Waals surface area contributed by atoms with Crippen LogP contribution in [-0.4, -0.2) is 50.2 Å². The third-order valence-electron chi connectivity index (χ3n) is 3.38. The number of hydrogen-bond donors (Lipinski definition) is 1. The van der Waals surface area contributed by atoms with Crippen molar-refractivity contribution in [2.75, 3.05) is 32.4 Å². The standard InChI is InChI=1S/C13H16N4O3S/c1-16-5-2-6-17(9-13(16)18)21(19,20)12-4-3-11(15)7-10(12)8-14/h3-4,7H,2,5-6,9,15H2,1H3. The number of hydrogen-bond acceptors (Lipinski definition) is 5. The number of rotatable bonds is 2. The molecule has 1 aromatic rings. The fourth-order valence-corrected chi connectivity index (χ4v) is 3.71. The molecule has 0 aliphatic carbocycles. The Morgan fingerprint density at radius 1 is 1.33 bits per heavy atom. The number of likely N-dealkylation sites (N-methyl/N-ethyl adjacent to an activating group) is 1. The van der Waals surface area contributed by atoms with Crippen LogP contribution in [0.5, 0.6) is 0 Å². The van der Waals surface area contributed by atoms with Gasteiger partial charge in [-0.25, -0.2) is 8.42 Å². The fraction of sp³-hybridized carbons (Fsp3) is 0.385. The lowest BCUT2D eigenvalue weighted by Gasteiger charge is -2.20. The lowest BCUT2D eigenvalue weighted by Crippen LogP contribution is -2.38. The second-order valence-electron chi connectivity index (χ2n) is 4.87. The number of nitrogens with zero attached hydrogens (tertiary/aromatic N) is 3. The van der Waals surface area contributed by atoms with E-state index in [0.29, 0.717) is 18.7 Å². The summed E-state index contributed by atoms with van der Waals surface area (Å²) < 4.78 is 26.4. The Morgan fingerprint density at radius 2 is 2.05 bits per heavy atom. The van der Waals surface area contributed by atoms with Gasteiger partial charge in [-0.05, 0) is 24.6 Å². The summed E-state index contributed by atoms with van der Waals surface area (Å²) in [4.78, 5) is 13.2. The molecule has 112 valence electrons. The van der Waals surface area contributed by atoms with Crippen LogP contribution in [0.15, 0.2) is 23.1 Å². The van der Waals surface area contributed by atoms with Crippen molar-refractivity contribution in [2.45, 2.75) is 11.3 Å². The average molecular weight is 308 g/mol.